The molecule has 0 saturated carbocycles. The van der Waals surface area contributed by atoms with E-state index in [-0.39, 0.29) is 18.3 Å². The highest BCUT2D eigenvalue weighted by Crippen LogP contribution is 2.42. The number of rotatable bonds is 5. The number of hydrogen-bond acceptors (Lipinski definition) is 3. The number of carbonyl (C=O) groups excluding carboxylic acids is 1. The zero-order valence-electron chi connectivity index (χ0n) is 13.4. The topological polar surface area (TPSA) is 47.6 Å². The molecule has 0 aliphatic carbocycles. The summed E-state index contributed by atoms with van der Waals surface area (Å²) < 4.78 is 10.6. The molecule has 0 saturated heterocycles. The number of amides is 1. The van der Waals surface area contributed by atoms with Crippen molar-refractivity contribution in [2.24, 2.45) is 0 Å². The van der Waals surface area contributed by atoms with Gasteiger partial charge < -0.3 is 14.8 Å². The van der Waals surface area contributed by atoms with Gasteiger partial charge in [-0.2, -0.15) is 0 Å². The SMILES string of the molecule is COc1cccc(NC(=O)COc2c(Cl)c(C)c(Cl)c(C)c2Cl)c1. The van der Waals surface area contributed by atoms with Crippen molar-refractivity contribution in [2.45, 2.75) is 13.8 Å². The van der Waals surface area contributed by atoms with Gasteiger partial charge in [0.25, 0.3) is 5.91 Å². The molecule has 0 radical (unpaired) electrons. The Morgan fingerprint density at radius 3 is 2.29 bits per heavy atom. The molecule has 0 bridgehead atoms. The Morgan fingerprint density at radius 2 is 1.71 bits per heavy atom. The molecule has 0 spiro atoms. The van der Waals surface area contributed by atoms with Crippen molar-refractivity contribution in [1.29, 1.82) is 0 Å². The second-order valence-corrected chi connectivity index (χ2v) is 6.22. The number of anilines is 1. The van der Waals surface area contributed by atoms with Gasteiger partial charge in [0.2, 0.25) is 0 Å². The second-order valence-electron chi connectivity index (χ2n) is 5.09. The molecule has 0 fully saturated rings. The van der Waals surface area contributed by atoms with E-state index in [1.54, 1.807) is 45.2 Å². The molecular formula is C17H16Cl3NO3. The molecule has 2 aromatic carbocycles. The molecule has 2 aromatic rings. The summed E-state index contributed by atoms with van der Waals surface area (Å²) in [5.74, 6) is 0.544. The molecule has 2 rings (SSSR count). The third-order valence-electron chi connectivity index (χ3n) is 3.42. The second kappa shape index (κ2) is 7.97. The Bertz CT molecular complexity index is 749. The largest absolute Gasteiger partial charge is 0.497 e. The third kappa shape index (κ3) is 4.07. The van der Waals surface area contributed by atoms with Crippen LogP contribution in [-0.4, -0.2) is 19.6 Å². The standard InChI is InChI=1S/C17H16Cl3NO3/c1-9-14(18)10(2)16(20)17(15(9)19)24-8-13(22)21-11-5-4-6-12(7-11)23-3/h4-7H,8H2,1-3H3,(H,21,22). The van der Waals surface area contributed by atoms with Crippen molar-refractivity contribution in [3.8, 4) is 11.5 Å². The number of carbonyl (C=O) groups is 1. The number of ether oxygens (including phenoxy) is 2. The Morgan fingerprint density at radius 1 is 1.08 bits per heavy atom. The fourth-order valence-electron chi connectivity index (χ4n) is 2.07. The normalized spacial score (nSPS) is 10.4. The zero-order valence-corrected chi connectivity index (χ0v) is 15.6. The number of nitrogens with one attached hydrogen (secondary N) is 1. The average molecular weight is 389 g/mol. The highest BCUT2D eigenvalue weighted by Gasteiger charge is 2.18. The highest BCUT2D eigenvalue weighted by molar-refractivity contribution is 6.42. The fraction of sp³-hybridized carbons (Fsp3) is 0.235. The molecule has 4 nitrogen and oxygen atoms in total. The van der Waals surface area contributed by atoms with Gasteiger partial charge in [-0.3, -0.25) is 4.79 Å². The first-order valence-electron chi connectivity index (χ1n) is 7.05. The summed E-state index contributed by atoms with van der Waals surface area (Å²) >= 11 is 18.6. The summed E-state index contributed by atoms with van der Waals surface area (Å²) in [6.45, 7) is 3.28. The number of hydrogen-bond donors (Lipinski definition) is 1. The lowest BCUT2D eigenvalue weighted by Crippen LogP contribution is -2.20. The maximum Gasteiger partial charge on any atom is 0.262 e. The van der Waals surface area contributed by atoms with Crippen LogP contribution in [0.25, 0.3) is 0 Å². The fourth-order valence-corrected chi connectivity index (χ4v) is 2.89. The Hall–Kier alpha value is -1.62. The third-order valence-corrected chi connectivity index (χ3v) is 4.89. The molecule has 0 heterocycles. The van der Waals surface area contributed by atoms with Crippen LogP contribution >= 0.6 is 34.8 Å². The van der Waals surface area contributed by atoms with Crippen molar-refractivity contribution in [3.63, 3.8) is 0 Å². The number of halogens is 3. The van der Waals surface area contributed by atoms with Crippen LogP contribution in [0.4, 0.5) is 5.69 Å². The maximum atomic E-state index is 12.1. The molecule has 7 heteroatoms. The molecule has 0 unspecified atom stereocenters. The average Bonchev–Trinajstić information content (AvgIpc) is 2.58. The van der Waals surface area contributed by atoms with Gasteiger partial charge in [-0.1, -0.05) is 40.9 Å². The van der Waals surface area contributed by atoms with Crippen molar-refractivity contribution in [1.82, 2.24) is 0 Å². The highest BCUT2D eigenvalue weighted by atomic mass is 35.5. The van der Waals surface area contributed by atoms with E-state index in [1.807, 2.05) is 0 Å². The molecule has 24 heavy (non-hydrogen) atoms. The van der Waals surface area contributed by atoms with Crippen LogP contribution in [0.5, 0.6) is 11.5 Å². The van der Waals surface area contributed by atoms with E-state index < -0.39 is 0 Å². The molecule has 0 atom stereocenters. The summed E-state index contributed by atoms with van der Waals surface area (Å²) in [5.41, 5.74) is 1.91. The van der Waals surface area contributed by atoms with E-state index in [2.05, 4.69) is 5.32 Å². The summed E-state index contributed by atoms with van der Waals surface area (Å²) in [5, 5.41) is 3.79. The van der Waals surface area contributed by atoms with Gasteiger partial charge in [0.1, 0.15) is 5.75 Å². The van der Waals surface area contributed by atoms with Crippen LogP contribution in [0.1, 0.15) is 11.1 Å². The van der Waals surface area contributed by atoms with E-state index in [4.69, 9.17) is 44.3 Å². The van der Waals surface area contributed by atoms with Crippen molar-refractivity contribution in [2.75, 3.05) is 19.0 Å². The van der Waals surface area contributed by atoms with Gasteiger partial charge in [0, 0.05) is 16.8 Å². The van der Waals surface area contributed by atoms with Crippen LogP contribution in [0.3, 0.4) is 0 Å². The predicted molar refractivity (Wildman–Crippen MR) is 98.1 cm³/mol. The van der Waals surface area contributed by atoms with Gasteiger partial charge in [-0.05, 0) is 37.1 Å². The van der Waals surface area contributed by atoms with Crippen LogP contribution in [0.15, 0.2) is 24.3 Å². The lowest BCUT2D eigenvalue weighted by Gasteiger charge is -2.15. The van der Waals surface area contributed by atoms with Gasteiger partial charge in [0.05, 0.1) is 17.2 Å². The summed E-state index contributed by atoms with van der Waals surface area (Å²) in [6, 6.07) is 7.01. The Labute approximate surface area is 155 Å². The lowest BCUT2D eigenvalue weighted by atomic mass is 10.1. The van der Waals surface area contributed by atoms with Crippen LogP contribution < -0.4 is 14.8 Å². The Kier molecular flexibility index (Phi) is 6.21. The van der Waals surface area contributed by atoms with Gasteiger partial charge >= 0.3 is 0 Å². The monoisotopic (exact) mass is 387 g/mol. The summed E-state index contributed by atoms with van der Waals surface area (Å²) in [7, 11) is 1.55. The van der Waals surface area contributed by atoms with E-state index in [1.165, 1.54) is 0 Å². The molecule has 1 amide bonds. The molecule has 0 aliphatic heterocycles. The molecule has 128 valence electrons. The minimum absolute atomic E-state index is 0.239. The smallest absolute Gasteiger partial charge is 0.262 e. The summed E-state index contributed by atoms with van der Waals surface area (Å²) in [6.07, 6.45) is 0. The van der Waals surface area contributed by atoms with Crippen molar-refractivity contribution >= 4 is 46.4 Å². The first-order valence-corrected chi connectivity index (χ1v) is 8.19. The van der Waals surface area contributed by atoms with Crippen molar-refractivity contribution in [3.05, 3.63) is 50.5 Å². The quantitative estimate of drug-likeness (QED) is 0.757. The van der Waals surface area contributed by atoms with Crippen LogP contribution in [0, 0.1) is 13.8 Å². The lowest BCUT2D eigenvalue weighted by molar-refractivity contribution is -0.118. The summed E-state index contributed by atoms with van der Waals surface area (Å²) in [4.78, 5) is 12.1. The van der Waals surface area contributed by atoms with Gasteiger partial charge in [0.15, 0.2) is 12.4 Å². The molecule has 0 aromatic heterocycles. The molecular weight excluding hydrogens is 373 g/mol. The zero-order chi connectivity index (χ0) is 17.9. The van der Waals surface area contributed by atoms with Crippen LogP contribution in [-0.2, 0) is 4.79 Å². The predicted octanol–water partition coefficient (Wildman–Crippen LogP) is 5.29. The van der Waals surface area contributed by atoms with E-state index in [0.717, 1.165) is 0 Å². The van der Waals surface area contributed by atoms with Gasteiger partial charge in [-0.25, -0.2) is 0 Å². The van der Waals surface area contributed by atoms with E-state index in [0.29, 0.717) is 37.6 Å². The van der Waals surface area contributed by atoms with Crippen molar-refractivity contribution < 1.29 is 14.3 Å². The molecule has 0 aliphatic rings. The minimum Gasteiger partial charge on any atom is -0.497 e. The maximum absolute atomic E-state index is 12.1. The first-order chi connectivity index (χ1) is 11.3. The van der Waals surface area contributed by atoms with E-state index in [9.17, 15) is 4.79 Å². The first kappa shape index (κ1) is 18.7. The number of benzene rings is 2. The number of methoxy groups -OCH3 is 1. The Balaban J connectivity index is 2.09. The van der Waals surface area contributed by atoms with E-state index >= 15 is 0 Å². The van der Waals surface area contributed by atoms with Crippen LogP contribution in [0.2, 0.25) is 15.1 Å². The van der Waals surface area contributed by atoms with Gasteiger partial charge in [-0.15, -0.1) is 0 Å². The molecule has 1 N–H and O–H groups in total. The minimum atomic E-state index is -0.347.